The number of hydrogen-bond acceptors (Lipinski definition) is 3. The van der Waals surface area contributed by atoms with Gasteiger partial charge in [-0.25, -0.2) is 0 Å². The van der Waals surface area contributed by atoms with Gasteiger partial charge in [0.1, 0.15) is 6.34 Å². The van der Waals surface area contributed by atoms with E-state index in [1.54, 1.807) is 0 Å². The number of halogens is 5. The van der Waals surface area contributed by atoms with E-state index in [-0.39, 0.29) is 6.54 Å². The standard InChI is InChI=1S/C9H14F5N3/c1-4-17-7(8(10,11)9(12,13)14)16(5-15-17)6(2)3/h5-7H,4H2,1-3H3. The van der Waals surface area contributed by atoms with Crippen LogP contribution in [-0.4, -0.2) is 47.1 Å². The molecule has 1 heterocycles. The maximum atomic E-state index is 13.4. The van der Waals surface area contributed by atoms with Gasteiger partial charge in [-0.1, -0.05) is 0 Å². The summed E-state index contributed by atoms with van der Waals surface area (Å²) in [6, 6.07) is -0.492. The number of hydrogen-bond donors (Lipinski definition) is 0. The van der Waals surface area contributed by atoms with Crippen LogP contribution in [0, 0.1) is 0 Å². The molecule has 0 bridgehead atoms. The van der Waals surface area contributed by atoms with Crippen molar-refractivity contribution < 1.29 is 22.0 Å². The molecule has 0 aromatic heterocycles. The average Bonchev–Trinajstić information content (AvgIpc) is 2.59. The second-order valence-corrected chi connectivity index (χ2v) is 4.02. The smallest absolute Gasteiger partial charge is 0.332 e. The topological polar surface area (TPSA) is 18.8 Å². The lowest BCUT2D eigenvalue weighted by atomic mass is 10.2. The van der Waals surface area contributed by atoms with Gasteiger partial charge in [0, 0.05) is 12.6 Å². The molecule has 0 N–H and O–H groups in total. The lowest BCUT2D eigenvalue weighted by Crippen LogP contribution is -2.60. The summed E-state index contributed by atoms with van der Waals surface area (Å²) in [7, 11) is 0. The first-order chi connectivity index (χ1) is 7.63. The molecule has 0 saturated heterocycles. The van der Waals surface area contributed by atoms with Gasteiger partial charge in [-0.05, 0) is 20.8 Å². The van der Waals surface area contributed by atoms with E-state index >= 15 is 0 Å². The van der Waals surface area contributed by atoms with Crippen LogP contribution in [0.15, 0.2) is 5.10 Å². The molecule has 0 saturated carbocycles. The Morgan fingerprint density at radius 1 is 1.24 bits per heavy atom. The summed E-state index contributed by atoms with van der Waals surface area (Å²) in [6.07, 6.45) is -6.67. The van der Waals surface area contributed by atoms with Crippen LogP contribution >= 0.6 is 0 Å². The Morgan fingerprint density at radius 2 is 1.76 bits per heavy atom. The Bertz CT molecular complexity index is 299. The van der Waals surface area contributed by atoms with E-state index in [0.29, 0.717) is 0 Å². The number of alkyl halides is 5. The van der Waals surface area contributed by atoms with Crippen LogP contribution in [-0.2, 0) is 0 Å². The van der Waals surface area contributed by atoms with Crippen LogP contribution in [0.2, 0.25) is 0 Å². The van der Waals surface area contributed by atoms with Crippen molar-refractivity contribution in [2.45, 2.75) is 45.1 Å². The van der Waals surface area contributed by atoms with Gasteiger partial charge in [0.2, 0.25) is 0 Å². The molecule has 0 aliphatic carbocycles. The third-order valence-corrected chi connectivity index (χ3v) is 2.52. The molecule has 100 valence electrons. The molecule has 1 aliphatic rings. The van der Waals surface area contributed by atoms with Gasteiger partial charge in [-0.3, -0.25) is 5.01 Å². The summed E-state index contributed by atoms with van der Waals surface area (Å²) >= 11 is 0. The molecule has 17 heavy (non-hydrogen) atoms. The largest absolute Gasteiger partial charge is 0.457 e. The van der Waals surface area contributed by atoms with E-state index in [1.165, 1.54) is 20.8 Å². The van der Waals surface area contributed by atoms with E-state index in [2.05, 4.69) is 5.10 Å². The Morgan fingerprint density at radius 3 is 2.12 bits per heavy atom. The first kappa shape index (κ1) is 14.0. The molecule has 0 radical (unpaired) electrons. The molecule has 1 atom stereocenters. The monoisotopic (exact) mass is 259 g/mol. The van der Waals surface area contributed by atoms with Crippen LogP contribution in [0.1, 0.15) is 20.8 Å². The van der Waals surface area contributed by atoms with Gasteiger partial charge in [-0.15, -0.1) is 0 Å². The fraction of sp³-hybridized carbons (Fsp3) is 0.889. The Labute approximate surface area is 95.9 Å². The Balaban J connectivity index is 3.07. The van der Waals surface area contributed by atoms with Crippen LogP contribution < -0.4 is 0 Å². The molecule has 1 unspecified atom stereocenters. The lowest BCUT2D eigenvalue weighted by Gasteiger charge is -2.38. The van der Waals surface area contributed by atoms with Crippen molar-refractivity contribution >= 4 is 6.34 Å². The zero-order valence-corrected chi connectivity index (χ0v) is 9.67. The molecule has 0 spiro atoms. The average molecular weight is 259 g/mol. The second-order valence-electron chi connectivity index (χ2n) is 4.02. The molecule has 0 amide bonds. The predicted octanol–water partition coefficient (Wildman–Crippen LogP) is 2.50. The summed E-state index contributed by atoms with van der Waals surface area (Å²) in [5, 5.41) is 4.32. The number of rotatable bonds is 3. The van der Waals surface area contributed by atoms with Crippen LogP contribution in [0.3, 0.4) is 0 Å². The van der Waals surface area contributed by atoms with Gasteiger partial charge >= 0.3 is 12.1 Å². The highest BCUT2D eigenvalue weighted by atomic mass is 19.4. The highest BCUT2D eigenvalue weighted by Gasteiger charge is 2.66. The normalized spacial score (nSPS) is 21.8. The van der Waals surface area contributed by atoms with Gasteiger partial charge in [0.05, 0.1) is 0 Å². The van der Waals surface area contributed by atoms with Crippen molar-refractivity contribution in [3.8, 4) is 0 Å². The first-order valence-electron chi connectivity index (χ1n) is 5.15. The van der Waals surface area contributed by atoms with Crippen LogP contribution in [0.25, 0.3) is 0 Å². The van der Waals surface area contributed by atoms with E-state index in [4.69, 9.17) is 0 Å². The third kappa shape index (κ3) is 2.30. The fourth-order valence-electron chi connectivity index (χ4n) is 1.60. The zero-order chi connectivity index (χ0) is 13.4. The van der Waals surface area contributed by atoms with Crippen molar-refractivity contribution in [3.63, 3.8) is 0 Å². The van der Waals surface area contributed by atoms with E-state index in [0.717, 1.165) is 16.2 Å². The SMILES string of the molecule is CCN1N=CN(C(C)C)C1C(F)(F)C(F)(F)F. The highest BCUT2D eigenvalue weighted by Crippen LogP contribution is 2.42. The van der Waals surface area contributed by atoms with E-state index in [9.17, 15) is 22.0 Å². The van der Waals surface area contributed by atoms with Crippen molar-refractivity contribution in [2.24, 2.45) is 5.10 Å². The van der Waals surface area contributed by atoms with Crippen LogP contribution in [0.4, 0.5) is 22.0 Å². The Kier molecular flexibility index (Phi) is 3.54. The molecular weight excluding hydrogens is 245 g/mol. The summed E-state index contributed by atoms with van der Waals surface area (Å²) in [4.78, 5) is 0.914. The molecule has 0 fully saturated rings. The van der Waals surface area contributed by atoms with E-state index in [1.807, 2.05) is 0 Å². The van der Waals surface area contributed by atoms with Crippen molar-refractivity contribution in [1.29, 1.82) is 0 Å². The van der Waals surface area contributed by atoms with E-state index < -0.39 is 24.3 Å². The molecule has 1 rings (SSSR count). The molecular formula is C9H14F5N3. The minimum atomic E-state index is -5.59. The maximum Gasteiger partial charge on any atom is 0.457 e. The molecule has 3 nitrogen and oxygen atoms in total. The third-order valence-electron chi connectivity index (χ3n) is 2.52. The summed E-state index contributed by atoms with van der Waals surface area (Å²) < 4.78 is 63.9. The summed E-state index contributed by atoms with van der Waals surface area (Å²) in [6.45, 7) is 4.52. The second kappa shape index (κ2) is 4.30. The Hall–Kier alpha value is -1.08. The maximum absolute atomic E-state index is 13.4. The predicted molar refractivity (Wildman–Crippen MR) is 52.6 cm³/mol. The molecule has 1 aliphatic heterocycles. The van der Waals surface area contributed by atoms with Crippen LogP contribution in [0.5, 0.6) is 0 Å². The van der Waals surface area contributed by atoms with Crippen molar-refractivity contribution in [3.05, 3.63) is 0 Å². The molecule has 0 aromatic rings. The van der Waals surface area contributed by atoms with Gasteiger partial charge in [-0.2, -0.15) is 27.1 Å². The quantitative estimate of drug-likeness (QED) is 0.725. The fourth-order valence-corrected chi connectivity index (χ4v) is 1.60. The lowest BCUT2D eigenvalue weighted by molar-refractivity contribution is -0.315. The first-order valence-corrected chi connectivity index (χ1v) is 5.15. The van der Waals surface area contributed by atoms with Crippen molar-refractivity contribution in [2.75, 3.05) is 6.54 Å². The number of hydrazone groups is 1. The van der Waals surface area contributed by atoms with Gasteiger partial charge in [0.25, 0.3) is 0 Å². The van der Waals surface area contributed by atoms with Gasteiger partial charge in [0.15, 0.2) is 6.17 Å². The number of nitrogens with zero attached hydrogens (tertiary/aromatic N) is 3. The minimum Gasteiger partial charge on any atom is -0.332 e. The summed E-state index contributed by atoms with van der Waals surface area (Å²) in [5.74, 6) is -4.83. The molecule has 8 heteroatoms. The molecule has 0 aromatic carbocycles. The summed E-state index contributed by atoms with van der Waals surface area (Å²) in [5.41, 5.74) is 0. The van der Waals surface area contributed by atoms with Crippen molar-refractivity contribution in [1.82, 2.24) is 9.91 Å². The van der Waals surface area contributed by atoms with Gasteiger partial charge < -0.3 is 4.90 Å². The highest BCUT2D eigenvalue weighted by molar-refractivity contribution is 5.58. The minimum absolute atomic E-state index is 0.0178. The zero-order valence-electron chi connectivity index (χ0n) is 9.67.